The molecule has 4 aromatic carbocycles. The van der Waals surface area contributed by atoms with Crippen molar-refractivity contribution in [1.82, 2.24) is 83.3 Å². The summed E-state index contributed by atoms with van der Waals surface area (Å²) in [4.78, 5) is 76.1. The lowest BCUT2D eigenvalue weighted by atomic mass is 9.82. The normalized spacial score (nSPS) is 11.6. The molecule has 0 atom stereocenters. The summed E-state index contributed by atoms with van der Waals surface area (Å²) in [5.41, 5.74) is 5.55. The van der Waals surface area contributed by atoms with Crippen molar-refractivity contribution in [1.29, 1.82) is 0 Å². The quantitative estimate of drug-likeness (QED) is 0.0418. The summed E-state index contributed by atoms with van der Waals surface area (Å²) in [6, 6.07) is 36.0. The predicted molar refractivity (Wildman–Crippen MR) is 392 cm³/mol. The molecule has 0 saturated heterocycles. The molecule has 0 unspecified atom stereocenters. The summed E-state index contributed by atoms with van der Waals surface area (Å²) >= 11 is 0. The smallest absolute Gasteiger partial charge is 0.490 e. The van der Waals surface area contributed by atoms with Gasteiger partial charge in [-0.15, -0.1) is 0 Å². The fourth-order valence-electron chi connectivity index (χ4n) is 11.2. The largest absolute Gasteiger partial charge is 0.493 e. The number of rotatable bonds is 17. The average Bonchev–Trinajstić information content (AvgIpc) is 1.37. The lowest BCUT2D eigenvalue weighted by Crippen LogP contribution is -2.29. The maximum atomic E-state index is 13.8. The minimum Gasteiger partial charge on any atom is -0.493 e. The summed E-state index contributed by atoms with van der Waals surface area (Å²) < 4.78 is 145. The summed E-state index contributed by atoms with van der Waals surface area (Å²) in [6.45, 7) is -4.45. The van der Waals surface area contributed by atoms with E-state index in [0.717, 1.165) is 32.7 Å². The standard InChI is InChI=1S/C26H22F3N5O4.C23H18F3N7O2.C17H12F3N5O2.C6H9BN2O2/c1-33-13-17-11-16(5-6-18(17)32-33)23-25(35)34(12-15-4-8-20(36-2)21(10-15)37-3)24-19(30-23)7-9-22(31-24)38-14-26(27,28)29;1-27-18-7-4-15(10-28-18)33-21-17(6-8-19(30-21)35-12-23(24,25)26)29-20(22(33)34)13-3-5-16-14(9-13)11-32(2)31-16;1-25-7-10-6-9(2-3-11(10)24-25)14-16(26)23-15-12(21-14)4-5-13(22-15)27-8-17(18,19)20;1-8-6-3-2-5(4-9-6)7(10)11/h4-11,13H,12,14H2,1-3H3;3-11H,12H2,1-2H3,(H,27,28);2-7H,8H2,1H3,(H,22,23,26);2-4,10-11H,1H3,(H,8,9). The molecule has 15 aromatic rings. The highest BCUT2D eigenvalue weighted by Crippen LogP contribution is 2.32. The molecule has 0 bridgehead atoms. The van der Waals surface area contributed by atoms with E-state index >= 15 is 0 Å². The van der Waals surface area contributed by atoms with Crippen molar-refractivity contribution in [3.63, 3.8) is 0 Å². The molecule has 39 heteroatoms. The minimum atomic E-state index is -4.54. The monoisotopic (exact) mass is 1530 g/mol. The molecular formula is C72H61BF9N19O10. The van der Waals surface area contributed by atoms with Crippen LogP contribution in [0.1, 0.15) is 5.56 Å². The number of aromatic nitrogens is 17. The van der Waals surface area contributed by atoms with Crippen LogP contribution in [0.3, 0.4) is 0 Å². The van der Waals surface area contributed by atoms with Crippen LogP contribution in [0.5, 0.6) is 29.1 Å². The van der Waals surface area contributed by atoms with Crippen LogP contribution in [0.2, 0.25) is 0 Å². The molecule has 111 heavy (non-hydrogen) atoms. The molecule has 570 valence electrons. The second kappa shape index (κ2) is 32.1. The van der Waals surface area contributed by atoms with Crippen LogP contribution in [0.15, 0.2) is 179 Å². The van der Waals surface area contributed by atoms with Crippen LogP contribution in [0, 0.1) is 0 Å². The number of aromatic amines is 1. The Morgan fingerprint density at radius 3 is 1.37 bits per heavy atom. The Balaban J connectivity index is 0.000000146. The number of hydrogen-bond acceptors (Lipinski definition) is 23. The molecule has 0 aliphatic rings. The number of hydrogen-bond donors (Lipinski definition) is 5. The van der Waals surface area contributed by atoms with Crippen molar-refractivity contribution < 1.29 is 73.2 Å². The van der Waals surface area contributed by atoms with E-state index in [2.05, 4.69) is 75.5 Å². The summed E-state index contributed by atoms with van der Waals surface area (Å²) in [5.74, 6) is 1.44. The van der Waals surface area contributed by atoms with E-state index in [-0.39, 0.29) is 58.2 Å². The summed E-state index contributed by atoms with van der Waals surface area (Å²) in [7, 11) is 10.4. The maximum absolute atomic E-state index is 13.8. The number of alkyl halides is 9. The van der Waals surface area contributed by atoms with E-state index in [4.69, 9.17) is 29.0 Å². The Bertz CT molecular complexity index is 6120. The van der Waals surface area contributed by atoms with E-state index in [9.17, 15) is 53.9 Å². The van der Waals surface area contributed by atoms with Crippen LogP contribution >= 0.6 is 0 Å². The molecule has 0 aliphatic heterocycles. The zero-order valence-corrected chi connectivity index (χ0v) is 59.2. The van der Waals surface area contributed by atoms with Gasteiger partial charge in [0.05, 0.1) is 49.2 Å². The molecule has 0 radical (unpaired) electrons. The zero-order chi connectivity index (χ0) is 79.2. The molecule has 0 saturated carbocycles. The molecule has 0 fully saturated rings. The van der Waals surface area contributed by atoms with Gasteiger partial charge in [-0.1, -0.05) is 30.3 Å². The summed E-state index contributed by atoms with van der Waals surface area (Å²) in [6.07, 6.45) is -5.20. The SMILES string of the molecule is CNc1ccc(-n2c(=O)c(-c3ccc4nn(C)cc4c3)nc3ccc(OCC(F)(F)F)nc32)cn1.CNc1ccc(B(O)O)cn1.COc1ccc(Cn2c(=O)c(-c3ccc4nn(C)cc4c3)nc3ccc(OCC(F)(F)F)nc32)cc1OC.Cn1cc2cc(-c3nc4ccc(OCC(F)(F)F)nc4[nH]c3=O)ccc2n1. The van der Waals surface area contributed by atoms with E-state index in [0.29, 0.717) is 73.1 Å². The molecule has 15 rings (SSSR count). The minimum absolute atomic E-state index is 0.0378. The van der Waals surface area contributed by atoms with Gasteiger partial charge in [-0.3, -0.25) is 37.6 Å². The molecule has 11 aromatic heterocycles. The van der Waals surface area contributed by atoms with E-state index < -0.39 is 62.1 Å². The first-order chi connectivity index (χ1) is 52.9. The van der Waals surface area contributed by atoms with Crippen molar-refractivity contribution in [2.24, 2.45) is 21.1 Å². The van der Waals surface area contributed by atoms with Crippen molar-refractivity contribution in [3.05, 3.63) is 201 Å². The Morgan fingerprint density at radius 1 is 0.468 bits per heavy atom. The highest BCUT2D eigenvalue weighted by Gasteiger charge is 2.31. The van der Waals surface area contributed by atoms with Crippen molar-refractivity contribution in [3.8, 4) is 68.6 Å². The number of H-pyrrole nitrogens is 1. The van der Waals surface area contributed by atoms with Gasteiger partial charge < -0.3 is 49.3 Å². The third kappa shape index (κ3) is 18.5. The Kier molecular flexibility index (Phi) is 22.3. The Morgan fingerprint density at radius 2 is 0.910 bits per heavy atom. The van der Waals surface area contributed by atoms with Gasteiger partial charge in [0.1, 0.15) is 45.3 Å². The van der Waals surface area contributed by atoms with Crippen LogP contribution in [-0.2, 0) is 27.7 Å². The van der Waals surface area contributed by atoms with Crippen LogP contribution in [0.25, 0.3) is 106 Å². The fraction of sp³-hybridized carbons (Fsp3) is 0.194. The summed E-state index contributed by atoms with van der Waals surface area (Å²) in [5, 5.41) is 38.5. The molecule has 29 nitrogen and oxygen atoms in total. The molecule has 0 aliphatic carbocycles. The first kappa shape index (κ1) is 77.0. The highest BCUT2D eigenvalue weighted by atomic mass is 19.4. The van der Waals surface area contributed by atoms with Gasteiger partial charge in [0.2, 0.25) is 17.6 Å². The van der Waals surface area contributed by atoms with E-state index in [1.54, 1.807) is 140 Å². The van der Waals surface area contributed by atoms with Crippen molar-refractivity contribution >= 4 is 90.4 Å². The second-order valence-corrected chi connectivity index (χ2v) is 24.3. The third-order valence-electron chi connectivity index (χ3n) is 16.2. The van der Waals surface area contributed by atoms with Gasteiger partial charge in [-0.2, -0.15) is 69.8 Å². The Hall–Kier alpha value is -13.6. The Labute approximate surface area is 619 Å². The molecule has 0 amide bonds. The number of fused-ring (bicyclic) bond motifs is 6. The topological polar surface area (TPSA) is 344 Å². The van der Waals surface area contributed by atoms with Gasteiger partial charge in [0.15, 0.2) is 48.3 Å². The number of methoxy groups -OCH3 is 2. The van der Waals surface area contributed by atoms with Crippen LogP contribution < -0.4 is 56.5 Å². The van der Waals surface area contributed by atoms with Crippen LogP contribution in [0.4, 0.5) is 51.1 Å². The zero-order valence-electron chi connectivity index (χ0n) is 59.2. The number of aryl methyl sites for hydroxylation is 3. The van der Waals surface area contributed by atoms with Crippen molar-refractivity contribution in [2.75, 3.05) is 58.8 Å². The first-order valence-electron chi connectivity index (χ1n) is 32.9. The lowest BCUT2D eigenvalue weighted by molar-refractivity contribution is -0.154. The predicted octanol–water partition coefficient (Wildman–Crippen LogP) is 9.68. The highest BCUT2D eigenvalue weighted by molar-refractivity contribution is 6.58. The number of benzene rings is 4. The molecule has 11 heterocycles. The fourth-order valence-corrected chi connectivity index (χ4v) is 11.2. The molecular weight excluding hydrogens is 1470 g/mol. The second-order valence-electron chi connectivity index (χ2n) is 24.3. The van der Waals surface area contributed by atoms with Gasteiger partial charge in [-0.25, -0.2) is 24.9 Å². The number of nitrogens with zero attached hydrogens (tertiary/aromatic N) is 16. The van der Waals surface area contributed by atoms with Crippen molar-refractivity contribution in [2.45, 2.75) is 25.1 Å². The number of nitrogens with one attached hydrogen (secondary N) is 3. The number of halogens is 9. The number of pyridine rings is 5. The van der Waals surface area contributed by atoms with Gasteiger partial charge in [0.25, 0.3) is 16.7 Å². The van der Waals surface area contributed by atoms with Gasteiger partial charge in [-0.05, 0) is 90.5 Å². The average molecular weight is 1530 g/mol. The van der Waals surface area contributed by atoms with Gasteiger partial charge >= 0.3 is 25.6 Å². The van der Waals surface area contributed by atoms with E-state index in [1.807, 2.05) is 24.7 Å². The van der Waals surface area contributed by atoms with Gasteiger partial charge in [0, 0.05) is 117 Å². The number of ether oxygens (including phenoxy) is 5. The molecule has 0 spiro atoms. The number of anilines is 2. The first-order valence-corrected chi connectivity index (χ1v) is 32.9. The van der Waals surface area contributed by atoms with E-state index in [1.165, 1.54) is 72.1 Å². The molecule has 5 N–H and O–H groups in total. The third-order valence-corrected chi connectivity index (χ3v) is 16.2. The van der Waals surface area contributed by atoms with Crippen LogP contribution in [-0.4, -0.2) is 167 Å². The lowest BCUT2D eigenvalue weighted by Gasteiger charge is -2.15. The maximum Gasteiger partial charge on any atom is 0.490 e.